The van der Waals surface area contributed by atoms with E-state index in [1.807, 2.05) is 30.3 Å². The van der Waals surface area contributed by atoms with Gasteiger partial charge in [0.05, 0.1) is 29.9 Å². The molecule has 1 N–H and O–H groups in total. The number of benzene rings is 2. The molecule has 222 valence electrons. The Balaban J connectivity index is 1.20. The third-order valence-electron chi connectivity index (χ3n) is 12.2. The van der Waals surface area contributed by atoms with Gasteiger partial charge in [-0.25, -0.2) is 0 Å². The number of hydrogen-bond donors (Lipinski definition) is 1. The van der Waals surface area contributed by atoms with Crippen LogP contribution in [0, 0.1) is 44.6 Å². The number of methoxy groups -OCH3 is 1. The van der Waals surface area contributed by atoms with Crippen LogP contribution in [0.1, 0.15) is 83.2 Å². The molecule has 7 heteroatoms. The number of aliphatic hydroxyl groups excluding tert-OH is 1. The van der Waals surface area contributed by atoms with Crippen LogP contribution in [0.4, 0.5) is 11.4 Å². The Kier molecular flexibility index (Phi) is 6.72. The molecule has 1 unspecified atom stereocenters. The summed E-state index contributed by atoms with van der Waals surface area (Å²) >= 11 is 0. The standard InChI is InChI=1S/C35H43N3O4/c1-34-17-15-26(39)20-23(34)7-12-28-29-13-14-31(35(29,2)18-16-30(28)34)32-21-33(22-5-4-6-25(19-22)38(40)41)37(36-32)24-8-10-27(42-3)11-9-24/h4-11,19,26,28-31,33,39H,12-18,20-21H2,1-3H3/t26-,28-,29-,30-,31+,33?,34-,35-/m0/s1. The van der Waals surface area contributed by atoms with Crippen molar-refractivity contribution in [3.63, 3.8) is 0 Å². The molecule has 0 radical (unpaired) electrons. The van der Waals surface area contributed by atoms with Crippen LogP contribution >= 0.6 is 0 Å². The van der Waals surface area contributed by atoms with Gasteiger partial charge in [0, 0.05) is 30.2 Å². The van der Waals surface area contributed by atoms with E-state index in [0.717, 1.165) is 55.5 Å². The highest BCUT2D eigenvalue weighted by molar-refractivity contribution is 5.92. The summed E-state index contributed by atoms with van der Waals surface area (Å²) in [6.45, 7) is 5.03. The summed E-state index contributed by atoms with van der Waals surface area (Å²) in [5.74, 6) is 3.30. The molecule has 2 aromatic carbocycles. The monoisotopic (exact) mass is 569 g/mol. The van der Waals surface area contributed by atoms with Crippen molar-refractivity contribution >= 4 is 17.1 Å². The Labute approximate surface area is 248 Å². The molecular weight excluding hydrogens is 526 g/mol. The third kappa shape index (κ3) is 4.30. The zero-order valence-corrected chi connectivity index (χ0v) is 25.0. The summed E-state index contributed by atoms with van der Waals surface area (Å²) in [5.41, 5.74) is 5.25. The number of anilines is 1. The molecule has 0 spiro atoms. The van der Waals surface area contributed by atoms with Gasteiger partial charge in [-0.05, 0) is 110 Å². The van der Waals surface area contributed by atoms with Gasteiger partial charge in [0.25, 0.3) is 5.69 Å². The van der Waals surface area contributed by atoms with Crippen LogP contribution in [0.5, 0.6) is 5.75 Å². The summed E-state index contributed by atoms with van der Waals surface area (Å²) in [6, 6.07) is 15.0. The number of fused-ring (bicyclic) bond motifs is 5. The topological polar surface area (TPSA) is 88.2 Å². The van der Waals surface area contributed by atoms with Gasteiger partial charge in [0.1, 0.15) is 5.75 Å². The van der Waals surface area contributed by atoms with E-state index in [4.69, 9.17) is 9.84 Å². The van der Waals surface area contributed by atoms with Gasteiger partial charge in [0.2, 0.25) is 0 Å². The van der Waals surface area contributed by atoms with Crippen LogP contribution in [-0.2, 0) is 0 Å². The first kappa shape index (κ1) is 27.6. The van der Waals surface area contributed by atoms with Crippen LogP contribution < -0.4 is 9.75 Å². The summed E-state index contributed by atoms with van der Waals surface area (Å²) in [5, 5.41) is 29.5. The summed E-state index contributed by atoms with van der Waals surface area (Å²) in [7, 11) is 1.67. The number of allylic oxidation sites excluding steroid dienone is 1. The number of rotatable bonds is 5. The first-order valence-corrected chi connectivity index (χ1v) is 15.8. The van der Waals surface area contributed by atoms with E-state index in [-0.39, 0.29) is 33.6 Å². The fourth-order valence-electron chi connectivity index (χ4n) is 10.0. The second kappa shape index (κ2) is 10.2. The fraction of sp³-hybridized carbons (Fsp3) is 0.571. The average Bonchev–Trinajstić information content (AvgIpc) is 3.59. The van der Waals surface area contributed by atoms with Gasteiger partial charge in [-0.3, -0.25) is 15.1 Å². The molecule has 5 aliphatic rings. The SMILES string of the molecule is COc1ccc(N2N=C([C@H]3CC[C@H]4[C@@H]5CC=C6C[C@@H](O)CC[C@]6(C)[C@H]5CC[C@]34C)CC2c2cccc([N+](=O)[O-])c2)cc1. The van der Waals surface area contributed by atoms with Crippen molar-refractivity contribution in [2.45, 2.75) is 83.8 Å². The minimum absolute atomic E-state index is 0.0833. The lowest BCUT2D eigenvalue weighted by molar-refractivity contribution is -0.384. The van der Waals surface area contributed by atoms with Gasteiger partial charge in [-0.1, -0.05) is 37.6 Å². The molecule has 7 rings (SSSR count). The van der Waals surface area contributed by atoms with E-state index in [1.54, 1.807) is 25.3 Å². The van der Waals surface area contributed by atoms with Crippen LogP contribution in [0.2, 0.25) is 0 Å². The predicted molar refractivity (Wildman–Crippen MR) is 165 cm³/mol. The quantitative estimate of drug-likeness (QED) is 0.225. The summed E-state index contributed by atoms with van der Waals surface area (Å²) in [4.78, 5) is 11.3. The minimum atomic E-state index is -0.309. The van der Waals surface area contributed by atoms with E-state index in [2.05, 4.69) is 24.9 Å². The van der Waals surface area contributed by atoms with Crippen molar-refractivity contribution in [1.29, 1.82) is 0 Å². The molecule has 3 fully saturated rings. The van der Waals surface area contributed by atoms with Gasteiger partial charge in [0.15, 0.2) is 0 Å². The molecule has 42 heavy (non-hydrogen) atoms. The molecule has 1 heterocycles. The van der Waals surface area contributed by atoms with E-state index in [9.17, 15) is 15.2 Å². The molecule has 2 aromatic rings. The number of hydrogen-bond acceptors (Lipinski definition) is 6. The second-order valence-corrected chi connectivity index (χ2v) is 14.0. The molecule has 4 aliphatic carbocycles. The Morgan fingerprint density at radius 2 is 1.83 bits per heavy atom. The molecule has 0 saturated heterocycles. The molecule has 0 bridgehead atoms. The Morgan fingerprint density at radius 1 is 1.02 bits per heavy atom. The highest BCUT2D eigenvalue weighted by Gasteiger charge is 2.59. The maximum absolute atomic E-state index is 11.6. The number of ether oxygens (including phenoxy) is 1. The first-order chi connectivity index (χ1) is 20.2. The van der Waals surface area contributed by atoms with E-state index >= 15 is 0 Å². The Morgan fingerprint density at radius 3 is 2.60 bits per heavy atom. The predicted octanol–water partition coefficient (Wildman–Crippen LogP) is 7.85. The molecular formula is C35H43N3O4. The van der Waals surface area contributed by atoms with Crippen LogP contribution in [0.25, 0.3) is 0 Å². The largest absolute Gasteiger partial charge is 0.497 e. The van der Waals surface area contributed by atoms with Gasteiger partial charge in [-0.15, -0.1) is 0 Å². The van der Waals surface area contributed by atoms with Crippen molar-refractivity contribution in [3.05, 3.63) is 75.9 Å². The van der Waals surface area contributed by atoms with Gasteiger partial charge in [-0.2, -0.15) is 5.10 Å². The lowest BCUT2D eigenvalue weighted by Crippen LogP contribution is -2.51. The summed E-state index contributed by atoms with van der Waals surface area (Å²) in [6.07, 6.45) is 12.1. The van der Waals surface area contributed by atoms with Crippen LogP contribution in [0.3, 0.4) is 0 Å². The minimum Gasteiger partial charge on any atom is -0.497 e. The highest BCUT2D eigenvalue weighted by Crippen LogP contribution is 2.67. The maximum Gasteiger partial charge on any atom is 0.269 e. The number of nitro groups is 1. The third-order valence-corrected chi connectivity index (χ3v) is 12.2. The highest BCUT2D eigenvalue weighted by atomic mass is 16.6. The van der Waals surface area contributed by atoms with Crippen molar-refractivity contribution in [2.24, 2.45) is 39.6 Å². The van der Waals surface area contributed by atoms with Crippen molar-refractivity contribution < 1.29 is 14.8 Å². The van der Waals surface area contributed by atoms with Crippen molar-refractivity contribution in [2.75, 3.05) is 12.1 Å². The number of non-ortho nitro benzene ring substituents is 1. The van der Waals surface area contributed by atoms with E-state index in [1.165, 1.54) is 30.5 Å². The van der Waals surface area contributed by atoms with Crippen molar-refractivity contribution in [1.82, 2.24) is 0 Å². The summed E-state index contributed by atoms with van der Waals surface area (Å²) < 4.78 is 5.40. The van der Waals surface area contributed by atoms with E-state index < -0.39 is 0 Å². The zero-order chi connectivity index (χ0) is 29.2. The Bertz CT molecular complexity index is 1440. The number of nitro benzene ring substituents is 1. The molecule has 0 amide bonds. The first-order valence-electron chi connectivity index (χ1n) is 15.8. The normalized spacial score (nSPS) is 37.3. The molecule has 7 nitrogen and oxygen atoms in total. The number of nitrogens with zero attached hydrogens (tertiary/aromatic N) is 3. The smallest absolute Gasteiger partial charge is 0.269 e. The molecule has 1 aliphatic heterocycles. The molecule has 8 atom stereocenters. The fourth-order valence-corrected chi connectivity index (χ4v) is 10.0. The van der Waals surface area contributed by atoms with Crippen LogP contribution in [0.15, 0.2) is 65.3 Å². The molecule has 3 saturated carbocycles. The second-order valence-electron chi connectivity index (χ2n) is 14.0. The van der Waals surface area contributed by atoms with E-state index in [0.29, 0.717) is 23.7 Å². The number of hydrazone groups is 1. The number of aliphatic hydroxyl groups is 1. The maximum atomic E-state index is 11.6. The van der Waals surface area contributed by atoms with Crippen LogP contribution in [-0.4, -0.2) is 29.0 Å². The van der Waals surface area contributed by atoms with Crippen molar-refractivity contribution in [3.8, 4) is 5.75 Å². The Hall–Kier alpha value is -3.19. The zero-order valence-electron chi connectivity index (χ0n) is 25.0. The lowest BCUT2D eigenvalue weighted by atomic mass is 9.47. The average molecular weight is 570 g/mol. The van der Waals surface area contributed by atoms with Gasteiger partial charge < -0.3 is 9.84 Å². The van der Waals surface area contributed by atoms with Gasteiger partial charge >= 0.3 is 0 Å². The molecule has 0 aromatic heterocycles. The lowest BCUT2D eigenvalue weighted by Gasteiger charge is -2.58.